The van der Waals surface area contributed by atoms with E-state index in [4.69, 9.17) is 12.2 Å². The molecule has 1 atom stereocenters. The van der Waals surface area contributed by atoms with Crippen LogP contribution in [0.15, 0.2) is 40.0 Å². The fourth-order valence-corrected chi connectivity index (χ4v) is 6.17. The Balaban J connectivity index is 1.69. The number of anilines is 1. The van der Waals surface area contributed by atoms with E-state index in [-0.39, 0.29) is 23.1 Å². The Hall–Kier alpha value is -2.93. The second-order valence-electron chi connectivity index (χ2n) is 9.27. The normalized spacial score (nSPS) is 18.7. The van der Waals surface area contributed by atoms with Gasteiger partial charge in [0.2, 0.25) is 0 Å². The summed E-state index contributed by atoms with van der Waals surface area (Å²) >= 11 is 6.79. The first-order chi connectivity index (χ1) is 17.3. The van der Waals surface area contributed by atoms with Crippen molar-refractivity contribution < 1.29 is 4.79 Å². The number of nitriles is 1. The molecule has 4 rings (SSSR count). The van der Waals surface area contributed by atoms with Crippen molar-refractivity contribution in [3.63, 3.8) is 0 Å². The highest BCUT2D eigenvalue weighted by Crippen LogP contribution is 2.37. The molecule has 188 valence electrons. The van der Waals surface area contributed by atoms with Crippen LogP contribution >= 0.6 is 24.0 Å². The molecular weight excluding hydrogens is 490 g/mol. The number of amides is 1. The van der Waals surface area contributed by atoms with Gasteiger partial charge in [-0.15, -0.1) is 0 Å². The molecule has 0 N–H and O–H groups in total. The molecule has 1 unspecified atom stereocenters. The van der Waals surface area contributed by atoms with E-state index < -0.39 is 0 Å². The zero-order valence-electron chi connectivity index (χ0n) is 21.2. The van der Waals surface area contributed by atoms with Gasteiger partial charge >= 0.3 is 0 Å². The third kappa shape index (κ3) is 4.99. The van der Waals surface area contributed by atoms with Crippen LogP contribution < -0.4 is 10.5 Å². The molecule has 2 aliphatic rings. The highest BCUT2D eigenvalue weighted by atomic mass is 32.2. The number of hydrogen-bond acceptors (Lipinski definition) is 7. The van der Waals surface area contributed by atoms with E-state index in [1.807, 2.05) is 26.0 Å². The van der Waals surface area contributed by atoms with E-state index in [2.05, 4.69) is 40.1 Å². The molecule has 0 radical (unpaired) electrons. The molecule has 1 amide bonds. The number of carbonyl (C=O) groups excluding carboxylic acids is 1. The molecule has 7 nitrogen and oxygen atoms in total. The number of hydrogen-bond donors (Lipinski definition) is 0. The van der Waals surface area contributed by atoms with Gasteiger partial charge in [-0.05, 0) is 37.5 Å². The monoisotopic (exact) mass is 521 g/mol. The number of aromatic nitrogens is 1. The predicted molar refractivity (Wildman–Crippen MR) is 150 cm³/mol. The van der Waals surface area contributed by atoms with E-state index in [9.17, 15) is 14.9 Å². The number of rotatable bonds is 6. The van der Waals surface area contributed by atoms with Gasteiger partial charge in [0, 0.05) is 51.4 Å². The van der Waals surface area contributed by atoms with Crippen molar-refractivity contribution in [3.05, 3.63) is 67.8 Å². The summed E-state index contributed by atoms with van der Waals surface area (Å²) < 4.78 is 2.10. The van der Waals surface area contributed by atoms with Crippen LogP contribution in [0.4, 0.5) is 5.82 Å². The van der Waals surface area contributed by atoms with Crippen LogP contribution in [-0.2, 0) is 18.4 Å². The van der Waals surface area contributed by atoms with Crippen molar-refractivity contribution in [2.45, 2.75) is 39.8 Å². The van der Waals surface area contributed by atoms with Crippen molar-refractivity contribution >= 4 is 46.1 Å². The largest absolute Gasteiger partial charge is 0.355 e. The average Bonchev–Trinajstić information content (AvgIpc) is 3.16. The second-order valence-corrected chi connectivity index (χ2v) is 10.9. The zero-order chi connectivity index (χ0) is 26.0. The lowest BCUT2D eigenvalue weighted by molar-refractivity contribution is -0.123. The molecule has 1 aromatic heterocycles. The van der Waals surface area contributed by atoms with Crippen LogP contribution in [-0.4, -0.2) is 56.8 Å². The maximum absolute atomic E-state index is 13.2. The average molecular weight is 522 g/mol. The van der Waals surface area contributed by atoms with Gasteiger partial charge in [0.05, 0.1) is 4.91 Å². The molecule has 2 saturated heterocycles. The van der Waals surface area contributed by atoms with Gasteiger partial charge in [-0.1, -0.05) is 61.2 Å². The van der Waals surface area contributed by atoms with Crippen LogP contribution in [0.1, 0.15) is 42.5 Å². The Morgan fingerprint density at radius 1 is 1.17 bits per heavy atom. The fourth-order valence-electron chi connectivity index (χ4n) is 4.73. The van der Waals surface area contributed by atoms with Crippen LogP contribution in [0, 0.1) is 18.3 Å². The summed E-state index contributed by atoms with van der Waals surface area (Å²) in [5.41, 5.74) is 2.39. The van der Waals surface area contributed by atoms with Gasteiger partial charge in [-0.3, -0.25) is 24.0 Å². The molecule has 0 saturated carbocycles. The van der Waals surface area contributed by atoms with Crippen molar-refractivity contribution in [1.82, 2.24) is 14.4 Å². The van der Waals surface area contributed by atoms with Crippen LogP contribution in [0.2, 0.25) is 0 Å². The molecule has 36 heavy (non-hydrogen) atoms. The van der Waals surface area contributed by atoms with E-state index in [0.29, 0.717) is 14.8 Å². The minimum atomic E-state index is -0.319. The lowest BCUT2D eigenvalue weighted by Crippen LogP contribution is -2.48. The molecule has 2 fully saturated rings. The Bertz CT molecular complexity index is 1300. The van der Waals surface area contributed by atoms with E-state index in [1.54, 1.807) is 23.4 Å². The number of benzene rings is 1. The number of nitrogens with zero attached hydrogens (tertiary/aromatic N) is 5. The molecule has 2 aromatic rings. The summed E-state index contributed by atoms with van der Waals surface area (Å²) in [4.78, 5) is 33.1. The smallest absolute Gasteiger partial charge is 0.270 e. The number of piperazine rings is 1. The maximum Gasteiger partial charge on any atom is 0.270 e. The highest BCUT2D eigenvalue weighted by molar-refractivity contribution is 8.26. The third-order valence-corrected chi connectivity index (χ3v) is 8.35. The van der Waals surface area contributed by atoms with Gasteiger partial charge < -0.3 is 4.90 Å². The maximum atomic E-state index is 13.2. The zero-order valence-corrected chi connectivity index (χ0v) is 22.8. The summed E-state index contributed by atoms with van der Waals surface area (Å²) in [6, 6.07) is 12.5. The summed E-state index contributed by atoms with van der Waals surface area (Å²) in [6.07, 6.45) is 2.62. The van der Waals surface area contributed by atoms with Gasteiger partial charge in [0.15, 0.2) is 0 Å². The van der Waals surface area contributed by atoms with Crippen LogP contribution in [0.3, 0.4) is 0 Å². The van der Waals surface area contributed by atoms with Crippen molar-refractivity contribution in [2.24, 2.45) is 7.05 Å². The van der Waals surface area contributed by atoms with Gasteiger partial charge in [-0.2, -0.15) is 5.26 Å². The van der Waals surface area contributed by atoms with Gasteiger partial charge in [0.25, 0.3) is 11.5 Å². The number of carbonyl (C=O) groups is 1. The third-order valence-electron chi connectivity index (χ3n) is 7.02. The SMILES string of the molecule is CCC(C)N1C(=O)/C(=C/c2c(C)c(C#N)c(=O)n(C)c2N2CCN(Cc3ccccc3)CC2)SC1=S. The summed E-state index contributed by atoms with van der Waals surface area (Å²) in [5.74, 6) is 0.620. The first kappa shape index (κ1) is 26.1. The van der Waals surface area contributed by atoms with E-state index in [1.165, 1.54) is 17.3 Å². The van der Waals surface area contributed by atoms with Crippen molar-refractivity contribution in [1.29, 1.82) is 5.26 Å². The topological polar surface area (TPSA) is 72.6 Å². The molecule has 0 spiro atoms. The molecule has 3 heterocycles. The fraction of sp³-hybridized carbons (Fsp3) is 0.407. The summed E-state index contributed by atoms with van der Waals surface area (Å²) in [5, 5.41) is 9.72. The first-order valence-electron chi connectivity index (χ1n) is 12.2. The van der Waals surface area contributed by atoms with Crippen LogP contribution in [0.5, 0.6) is 0 Å². The standard InChI is InChI=1S/C27H31N5O2S2/c1-5-18(2)32-26(34)23(36-27(32)35)15-21-19(3)22(16-28)25(33)29(4)24(21)31-13-11-30(12-14-31)17-20-9-7-6-8-10-20/h6-10,15,18H,5,11-14,17H2,1-4H3/b23-15-. The Kier molecular flexibility index (Phi) is 7.98. The molecule has 0 bridgehead atoms. The minimum Gasteiger partial charge on any atom is -0.355 e. The lowest BCUT2D eigenvalue weighted by atomic mass is 10.0. The van der Waals surface area contributed by atoms with Crippen molar-refractivity contribution in [3.8, 4) is 6.07 Å². The Morgan fingerprint density at radius 3 is 2.44 bits per heavy atom. The quantitative estimate of drug-likeness (QED) is 0.422. The number of thioether (sulfide) groups is 1. The molecule has 1 aromatic carbocycles. The molecule has 0 aliphatic carbocycles. The second kappa shape index (κ2) is 11.0. The Morgan fingerprint density at radius 2 is 1.83 bits per heavy atom. The van der Waals surface area contributed by atoms with E-state index in [0.717, 1.165) is 50.5 Å². The van der Waals surface area contributed by atoms with Gasteiger partial charge in [-0.25, -0.2) is 0 Å². The van der Waals surface area contributed by atoms with Gasteiger partial charge in [0.1, 0.15) is 21.8 Å². The van der Waals surface area contributed by atoms with Crippen molar-refractivity contribution in [2.75, 3.05) is 31.1 Å². The molecule has 9 heteroatoms. The Labute approximate surface area is 222 Å². The summed E-state index contributed by atoms with van der Waals surface area (Å²) in [7, 11) is 1.70. The minimum absolute atomic E-state index is 0.0106. The van der Waals surface area contributed by atoms with E-state index >= 15 is 0 Å². The summed E-state index contributed by atoms with van der Waals surface area (Å²) in [6.45, 7) is 9.84. The lowest BCUT2D eigenvalue weighted by Gasteiger charge is -2.37. The highest BCUT2D eigenvalue weighted by Gasteiger charge is 2.35. The molecule has 2 aliphatic heterocycles. The van der Waals surface area contributed by atoms with Crippen LogP contribution in [0.25, 0.3) is 6.08 Å². The predicted octanol–water partition coefficient (Wildman–Crippen LogP) is 3.89. The molecular formula is C27H31N5O2S2. The number of thiocarbonyl (C=S) groups is 1. The number of pyridine rings is 1. The first-order valence-corrected chi connectivity index (χ1v) is 13.4.